The van der Waals surface area contributed by atoms with E-state index in [0.717, 1.165) is 0 Å². The molecular weight excluding hydrogens is 75.0 g/mol. The van der Waals surface area contributed by atoms with Crippen LogP contribution in [0.25, 0.3) is 0 Å². The van der Waals surface area contributed by atoms with Crippen molar-refractivity contribution in [3.05, 3.63) is 0 Å². The molecule has 4 heteroatoms. The molecule has 0 aliphatic heterocycles. The van der Waals surface area contributed by atoms with Crippen molar-refractivity contribution in [3.63, 3.8) is 0 Å². The molecule has 0 atom stereocenters. The summed E-state index contributed by atoms with van der Waals surface area (Å²) >= 11 is 0. The summed E-state index contributed by atoms with van der Waals surface area (Å²) in [4.78, 5) is 9.15. The number of rotatable bonds is 0. The summed E-state index contributed by atoms with van der Waals surface area (Å²) in [7, 11) is -1.87. The maximum absolute atomic E-state index is 9.15. The van der Waals surface area contributed by atoms with Crippen molar-refractivity contribution in [1.29, 1.82) is 0 Å². The average molecular weight is 79.0 g/mol. The largest absolute Gasteiger partial charge is 0.806 e. The van der Waals surface area contributed by atoms with Gasteiger partial charge in [-0.15, -0.1) is 0 Å². The van der Waals surface area contributed by atoms with Crippen molar-refractivity contribution < 1.29 is 4.89 Å². The molecule has 0 bridgehead atoms. The third-order valence-corrected chi connectivity index (χ3v) is 0. The molecule has 0 spiro atoms. The van der Waals surface area contributed by atoms with E-state index in [2.05, 4.69) is 11.0 Å². The molecule has 0 fully saturated rings. The normalized spacial score (nSPS) is 9.00. The maximum atomic E-state index is 9.15. The Morgan fingerprint density at radius 2 is 1.50 bits per heavy atom. The van der Waals surface area contributed by atoms with Crippen molar-refractivity contribution in [1.82, 2.24) is 0 Å². The minimum absolute atomic E-state index is 1.87. The second kappa shape index (κ2) is 1.61. The summed E-state index contributed by atoms with van der Waals surface area (Å²) in [5, 5.41) is 0. The van der Waals surface area contributed by atoms with Gasteiger partial charge in [-0.2, -0.15) is 0 Å². The van der Waals surface area contributed by atoms with Gasteiger partial charge in [-0.05, 0) is 0 Å². The van der Waals surface area contributed by atoms with Crippen LogP contribution in [0.5, 0.6) is 0 Å². The second-order valence-electron chi connectivity index (χ2n) is 0.360. The Kier molecular flexibility index (Phi) is 1.74. The predicted octanol–water partition coefficient (Wildman–Crippen LogP) is -1.51. The highest BCUT2D eigenvalue weighted by molar-refractivity contribution is 7.44. The van der Waals surface area contributed by atoms with Crippen molar-refractivity contribution in [3.8, 4) is 0 Å². The number of nitrogens with two attached hydrogens (primary N) is 2. The van der Waals surface area contributed by atoms with E-state index >= 15 is 0 Å². The Bertz CT molecular complexity index is 10.8. The molecule has 0 saturated heterocycles. The lowest BCUT2D eigenvalue weighted by molar-refractivity contribution is -0.160. The fraction of sp³-hybridized carbons (Fsp3) is 0. The van der Waals surface area contributed by atoms with Crippen LogP contribution < -0.4 is 15.9 Å². The molecule has 0 unspecified atom stereocenters. The molecule has 0 heterocycles. The lowest BCUT2D eigenvalue weighted by Gasteiger charge is -2.04. The van der Waals surface area contributed by atoms with Gasteiger partial charge in [0, 0.05) is 0 Å². The van der Waals surface area contributed by atoms with Crippen LogP contribution in [0.15, 0.2) is 0 Å². The zero-order valence-corrected chi connectivity index (χ0v) is 2.90. The predicted molar refractivity (Wildman–Crippen MR) is 15.3 cm³/mol. The Morgan fingerprint density at radius 3 is 1.50 bits per heavy atom. The van der Waals surface area contributed by atoms with Gasteiger partial charge in [-0.1, -0.05) is 8.45 Å². The third-order valence-electron chi connectivity index (χ3n) is 0. The fourth-order valence-electron chi connectivity index (χ4n) is 0. The van der Waals surface area contributed by atoms with Crippen LogP contribution in [-0.2, 0) is 0 Å². The fourth-order valence-corrected chi connectivity index (χ4v) is 0. The lowest BCUT2D eigenvalue weighted by atomic mass is 13.9. The Labute approximate surface area is 25.5 Å². The standard InChI is InChI=1S/H4N2OP/c1-4(2)3/h1-2H2/q-1. The quantitative estimate of drug-likeness (QED) is 0.346. The first-order valence-corrected chi connectivity index (χ1v) is 2.10. The van der Waals surface area contributed by atoms with Crippen molar-refractivity contribution in [2.24, 2.45) is 11.0 Å². The Balaban J connectivity index is 2.32. The molecule has 0 aromatic rings. The van der Waals surface area contributed by atoms with Gasteiger partial charge in [-0.3, -0.25) is 0 Å². The monoisotopic (exact) mass is 79.0 g/mol. The molecule has 0 amide bonds. The van der Waals surface area contributed by atoms with Crippen LogP contribution >= 0.6 is 8.45 Å². The minimum Gasteiger partial charge on any atom is -0.806 e. The van der Waals surface area contributed by atoms with Gasteiger partial charge in [0.05, 0.1) is 0 Å². The second-order valence-corrected chi connectivity index (χ2v) is 1.08. The van der Waals surface area contributed by atoms with E-state index in [0.29, 0.717) is 0 Å². The Hall–Kier alpha value is 0.310. The van der Waals surface area contributed by atoms with Crippen molar-refractivity contribution >= 4 is 8.45 Å². The number of hydrogen-bond acceptors (Lipinski definition) is 3. The van der Waals surface area contributed by atoms with E-state index in [1.54, 1.807) is 0 Å². The van der Waals surface area contributed by atoms with Gasteiger partial charge in [0.25, 0.3) is 0 Å². The smallest absolute Gasteiger partial charge is 0.0665 e. The summed E-state index contributed by atoms with van der Waals surface area (Å²) in [6, 6.07) is 0. The summed E-state index contributed by atoms with van der Waals surface area (Å²) in [6.07, 6.45) is 0. The van der Waals surface area contributed by atoms with E-state index in [4.69, 9.17) is 4.89 Å². The van der Waals surface area contributed by atoms with Crippen molar-refractivity contribution in [2.75, 3.05) is 0 Å². The van der Waals surface area contributed by atoms with Gasteiger partial charge in [-0.25, -0.2) is 0 Å². The summed E-state index contributed by atoms with van der Waals surface area (Å²) < 4.78 is 0. The number of hydrogen-bond donors (Lipinski definition) is 2. The van der Waals surface area contributed by atoms with Gasteiger partial charge >= 0.3 is 0 Å². The SMILES string of the molecule is NP(N)[O-]. The minimum atomic E-state index is -1.87. The van der Waals surface area contributed by atoms with Gasteiger partial charge in [0.2, 0.25) is 0 Å². The van der Waals surface area contributed by atoms with Gasteiger partial charge in [0.15, 0.2) is 0 Å². The van der Waals surface area contributed by atoms with Crippen LogP contribution in [-0.4, -0.2) is 0 Å². The lowest BCUT2D eigenvalue weighted by Crippen LogP contribution is -2.10. The first-order chi connectivity index (χ1) is 1.73. The zero-order chi connectivity index (χ0) is 3.58. The third kappa shape index (κ3) is 41.3. The molecular formula is H4N2OP-. The molecule has 3 nitrogen and oxygen atoms in total. The Morgan fingerprint density at radius 1 is 1.50 bits per heavy atom. The van der Waals surface area contributed by atoms with E-state index < -0.39 is 8.45 Å². The molecule has 4 N–H and O–H groups in total. The molecule has 4 heavy (non-hydrogen) atoms. The van der Waals surface area contributed by atoms with Gasteiger partial charge in [0.1, 0.15) is 0 Å². The van der Waals surface area contributed by atoms with E-state index in [1.165, 1.54) is 0 Å². The van der Waals surface area contributed by atoms with E-state index in [9.17, 15) is 0 Å². The molecule has 0 aromatic heterocycles. The first kappa shape index (κ1) is 4.31. The van der Waals surface area contributed by atoms with Crippen LogP contribution in [0.3, 0.4) is 0 Å². The van der Waals surface area contributed by atoms with E-state index in [1.807, 2.05) is 0 Å². The topological polar surface area (TPSA) is 75.1 Å². The molecule has 0 aliphatic rings. The summed E-state index contributed by atoms with van der Waals surface area (Å²) in [6.45, 7) is 0. The van der Waals surface area contributed by atoms with E-state index in [-0.39, 0.29) is 0 Å². The highest BCUT2D eigenvalue weighted by Gasteiger charge is 1.49. The molecule has 0 aromatic carbocycles. The highest BCUT2D eigenvalue weighted by atomic mass is 31.2. The summed E-state index contributed by atoms with van der Waals surface area (Å²) in [5.41, 5.74) is 8.80. The maximum Gasteiger partial charge on any atom is -0.0665 e. The zero-order valence-electron chi connectivity index (χ0n) is 2.01. The first-order valence-electron chi connectivity index (χ1n) is 0.699. The molecule has 26 valence electrons. The molecule has 0 saturated carbocycles. The van der Waals surface area contributed by atoms with Crippen LogP contribution in [0.1, 0.15) is 0 Å². The van der Waals surface area contributed by atoms with Gasteiger partial charge < -0.3 is 15.9 Å². The van der Waals surface area contributed by atoms with Crippen LogP contribution in [0.2, 0.25) is 0 Å². The highest BCUT2D eigenvalue weighted by Crippen LogP contribution is 1.88. The van der Waals surface area contributed by atoms with Crippen LogP contribution in [0, 0.1) is 0 Å². The van der Waals surface area contributed by atoms with Crippen molar-refractivity contribution in [2.45, 2.75) is 0 Å². The van der Waals surface area contributed by atoms with Crippen LogP contribution in [0.4, 0.5) is 0 Å². The summed E-state index contributed by atoms with van der Waals surface area (Å²) in [5.74, 6) is 0. The molecule has 0 radical (unpaired) electrons. The molecule has 0 rings (SSSR count). The average Bonchev–Trinajstić information content (AvgIpc) is 0.811. The molecule has 0 aliphatic carbocycles.